The van der Waals surface area contributed by atoms with E-state index in [0.29, 0.717) is 79.3 Å². The molecule has 0 radical (unpaired) electrons. The van der Waals surface area contributed by atoms with Crippen molar-refractivity contribution in [3.63, 3.8) is 0 Å². The lowest BCUT2D eigenvalue weighted by molar-refractivity contribution is -0.0854. The second kappa shape index (κ2) is 36.1. The standard InChI is InChI=1S/C34H70O9/c1-5-6-7-8-9-10-11-12-13-14-15-16-17-19-40-29-32(2)42-31-34(4)43-30-33(3)41-28-27-39-26-25-38-24-23-37-22-21-36-20-18-35/h32-35H,5-31H2,1-4H3. The Hall–Kier alpha value is -0.360. The number of aliphatic hydroxyl groups excluding tert-OH is 1. The molecule has 43 heavy (non-hydrogen) atoms. The van der Waals surface area contributed by atoms with Gasteiger partial charge in [0.25, 0.3) is 0 Å². The molecular weight excluding hydrogens is 552 g/mol. The Morgan fingerprint density at radius 3 is 1.21 bits per heavy atom. The van der Waals surface area contributed by atoms with E-state index < -0.39 is 0 Å². The first-order valence-electron chi connectivity index (χ1n) is 17.4. The molecule has 0 saturated carbocycles. The van der Waals surface area contributed by atoms with Crippen LogP contribution in [0.2, 0.25) is 0 Å². The smallest absolute Gasteiger partial charge is 0.0781 e. The first-order chi connectivity index (χ1) is 21.1. The Bertz CT molecular complexity index is 512. The van der Waals surface area contributed by atoms with Gasteiger partial charge in [-0.2, -0.15) is 0 Å². The summed E-state index contributed by atoms with van der Waals surface area (Å²) in [6.07, 6.45) is 17.8. The maximum absolute atomic E-state index is 8.60. The van der Waals surface area contributed by atoms with Gasteiger partial charge in [0.2, 0.25) is 0 Å². The minimum Gasteiger partial charge on any atom is -0.394 e. The van der Waals surface area contributed by atoms with Crippen LogP contribution in [0, 0.1) is 0 Å². The van der Waals surface area contributed by atoms with Gasteiger partial charge in [0.15, 0.2) is 0 Å². The quantitative estimate of drug-likeness (QED) is 0.0794. The van der Waals surface area contributed by atoms with E-state index in [1.54, 1.807) is 0 Å². The molecule has 0 aliphatic carbocycles. The summed E-state index contributed by atoms with van der Waals surface area (Å²) in [6, 6.07) is 0. The van der Waals surface area contributed by atoms with Gasteiger partial charge < -0.3 is 43.0 Å². The van der Waals surface area contributed by atoms with Gasteiger partial charge in [0.05, 0.1) is 104 Å². The average molecular weight is 623 g/mol. The lowest BCUT2D eigenvalue weighted by Crippen LogP contribution is -2.27. The normalized spacial score (nSPS) is 13.9. The molecule has 0 aliphatic rings. The summed E-state index contributed by atoms with van der Waals surface area (Å²) in [5.74, 6) is 0. The van der Waals surface area contributed by atoms with Gasteiger partial charge in [-0.15, -0.1) is 0 Å². The highest BCUT2D eigenvalue weighted by molar-refractivity contribution is 4.56. The van der Waals surface area contributed by atoms with Crippen molar-refractivity contribution in [3.05, 3.63) is 0 Å². The van der Waals surface area contributed by atoms with Crippen LogP contribution >= 0.6 is 0 Å². The Morgan fingerprint density at radius 2 is 0.744 bits per heavy atom. The molecule has 9 heteroatoms. The molecule has 0 aromatic carbocycles. The van der Waals surface area contributed by atoms with Crippen LogP contribution in [-0.4, -0.2) is 116 Å². The molecule has 0 saturated heterocycles. The van der Waals surface area contributed by atoms with E-state index in [4.69, 9.17) is 43.0 Å². The Balaban J connectivity index is 3.37. The van der Waals surface area contributed by atoms with E-state index >= 15 is 0 Å². The molecule has 0 heterocycles. The minimum atomic E-state index is -0.0121. The third kappa shape index (κ3) is 36.0. The Kier molecular flexibility index (Phi) is 35.8. The van der Waals surface area contributed by atoms with Crippen LogP contribution < -0.4 is 0 Å². The van der Waals surface area contributed by atoms with Crippen molar-refractivity contribution in [2.45, 2.75) is 129 Å². The molecule has 0 aromatic rings. The molecule has 9 nitrogen and oxygen atoms in total. The number of rotatable bonds is 37. The lowest BCUT2D eigenvalue weighted by atomic mass is 10.0. The number of ether oxygens (including phenoxy) is 8. The maximum atomic E-state index is 8.60. The number of hydrogen-bond donors (Lipinski definition) is 1. The number of hydrogen-bond acceptors (Lipinski definition) is 9. The topological polar surface area (TPSA) is 94.1 Å². The zero-order valence-corrected chi connectivity index (χ0v) is 28.5. The zero-order valence-electron chi connectivity index (χ0n) is 28.5. The molecule has 0 fully saturated rings. The molecule has 0 spiro atoms. The highest BCUT2D eigenvalue weighted by Gasteiger charge is 2.10. The van der Waals surface area contributed by atoms with Crippen molar-refractivity contribution in [2.24, 2.45) is 0 Å². The van der Waals surface area contributed by atoms with Gasteiger partial charge in [-0.1, -0.05) is 84.0 Å². The van der Waals surface area contributed by atoms with Crippen molar-refractivity contribution in [1.29, 1.82) is 0 Å². The van der Waals surface area contributed by atoms with E-state index in [0.717, 1.165) is 13.0 Å². The van der Waals surface area contributed by atoms with Gasteiger partial charge in [0.1, 0.15) is 0 Å². The number of aliphatic hydroxyl groups is 1. The largest absolute Gasteiger partial charge is 0.394 e. The Morgan fingerprint density at radius 1 is 0.372 bits per heavy atom. The van der Waals surface area contributed by atoms with E-state index in [1.165, 1.54) is 77.0 Å². The van der Waals surface area contributed by atoms with Crippen molar-refractivity contribution in [1.82, 2.24) is 0 Å². The summed E-state index contributed by atoms with van der Waals surface area (Å²) in [5.41, 5.74) is 0. The van der Waals surface area contributed by atoms with Gasteiger partial charge in [-0.3, -0.25) is 0 Å². The molecule has 0 amide bonds. The predicted molar refractivity (Wildman–Crippen MR) is 173 cm³/mol. The molecule has 0 aliphatic heterocycles. The first kappa shape index (κ1) is 42.6. The van der Waals surface area contributed by atoms with Crippen LogP contribution in [0.1, 0.15) is 111 Å². The highest BCUT2D eigenvalue weighted by Crippen LogP contribution is 2.12. The van der Waals surface area contributed by atoms with Crippen molar-refractivity contribution < 1.29 is 43.0 Å². The van der Waals surface area contributed by atoms with Crippen molar-refractivity contribution in [3.8, 4) is 0 Å². The first-order valence-corrected chi connectivity index (χ1v) is 17.4. The molecule has 3 atom stereocenters. The van der Waals surface area contributed by atoms with Gasteiger partial charge in [-0.25, -0.2) is 0 Å². The van der Waals surface area contributed by atoms with Crippen LogP contribution in [0.3, 0.4) is 0 Å². The van der Waals surface area contributed by atoms with Gasteiger partial charge in [-0.05, 0) is 27.2 Å². The summed E-state index contributed by atoms with van der Waals surface area (Å²) >= 11 is 0. The van der Waals surface area contributed by atoms with E-state index in [1.807, 2.05) is 13.8 Å². The van der Waals surface area contributed by atoms with Crippen LogP contribution in [0.4, 0.5) is 0 Å². The summed E-state index contributed by atoms with van der Waals surface area (Å²) in [6.45, 7) is 15.3. The van der Waals surface area contributed by atoms with Crippen molar-refractivity contribution >= 4 is 0 Å². The lowest BCUT2D eigenvalue weighted by Gasteiger charge is -2.20. The number of unbranched alkanes of at least 4 members (excludes halogenated alkanes) is 12. The highest BCUT2D eigenvalue weighted by atomic mass is 16.6. The fraction of sp³-hybridized carbons (Fsp3) is 1.00. The molecule has 0 aromatic heterocycles. The fourth-order valence-corrected chi connectivity index (χ4v) is 4.35. The zero-order chi connectivity index (χ0) is 31.5. The fourth-order valence-electron chi connectivity index (χ4n) is 4.35. The van der Waals surface area contributed by atoms with Gasteiger partial charge >= 0.3 is 0 Å². The summed E-state index contributed by atoms with van der Waals surface area (Å²) < 4.78 is 44.8. The molecule has 0 rings (SSSR count). The average Bonchev–Trinajstić information content (AvgIpc) is 3.01. The van der Waals surface area contributed by atoms with Crippen LogP contribution in [-0.2, 0) is 37.9 Å². The minimum absolute atomic E-state index is 0.00000267. The van der Waals surface area contributed by atoms with E-state index in [9.17, 15) is 0 Å². The molecule has 1 N–H and O–H groups in total. The summed E-state index contributed by atoms with van der Waals surface area (Å²) in [7, 11) is 0. The summed E-state index contributed by atoms with van der Waals surface area (Å²) in [5, 5.41) is 8.60. The molecule has 0 bridgehead atoms. The third-order valence-electron chi connectivity index (χ3n) is 6.96. The molecular formula is C34H70O9. The third-order valence-corrected chi connectivity index (χ3v) is 6.96. The second-order valence-corrected chi connectivity index (χ2v) is 11.5. The van der Waals surface area contributed by atoms with Crippen LogP contribution in [0.25, 0.3) is 0 Å². The SMILES string of the molecule is CCCCCCCCCCCCCCCOCC(C)OCC(C)OCC(C)OCCOCCOCCOCCOCCO. The predicted octanol–water partition coefficient (Wildman–Crippen LogP) is 6.37. The van der Waals surface area contributed by atoms with Crippen molar-refractivity contribution in [2.75, 3.05) is 92.5 Å². The van der Waals surface area contributed by atoms with E-state index in [-0.39, 0.29) is 24.9 Å². The second-order valence-electron chi connectivity index (χ2n) is 11.5. The molecule has 3 unspecified atom stereocenters. The molecule has 260 valence electrons. The monoisotopic (exact) mass is 623 g/mol. The summed E-state index contributed by atoms with van der Waals surface area (Å²) in [4.78, 5) is 0. The van der Waals surface area contributed by atoms with Crippen LogP contribution in [0.15, 0.2) is 0 Å². The maximum Gasteiger partial charge on any atom is 0.0781 e. The van der Waals surface area contributed by atoms with Gasteiger partial charge in [0, 0.05) is 6.61 Å². The van der Waals surface area contributed by atoms with E-state index in [2.05, 4.69) is 13.8 Å². The Labute approximate surface area is 264 Å². The van der Waals surface area contributed by atoms with Crippen LogP contribution in [0.5, 0.6) is 0 Å².